The molecule has 0 aliphatic heterocycles. The van der Waals surface area contributed by atoms with E-state index in [9.17, 15) is 4.79 Å². The maximum atomic E-state index is 10.4. The van der Waals surface area contributed by atoms with E-state index in [4.69, 9.17) is 5.11 Å². The highest BCUT2D eigenvalue weighted by Crippen LogP contribution is 2.31. The molecule has 0 bridgehead atoms. The zero-order chi connectivity index (χ0) is 13.0. The van der Waals surface area contributed by atoms with Gasteiger partial charge in [0.15, 0.2) is 4.34 Å². The first kappa shape index (κ1) is 13.4. The van der Waals surface area contributed by atoms with Crippen LogP contribution in [0.15, 0.2) is 22.5 Å². The number of carboxylic acid groups (broad SMARTS) is 1. The van der Waals surface area contributed by atoms with Crippen LogP contribution in [0, 0.1) is 6.92 Å². The number of fused-ring (bicyclic) bond motifs is 1. The molecular weight excluding hydrogens is 266 g/mol. The summed E-state index contributed by atoms with van der Waals surface area (Å²) in [5, 5.41) is 8.54. The van der Waals surface area contributed by atoms with Crippen molar-refractivity contribution < 1.29 is 9.90 Å². The lowest BCUT2D eigenvalue weighted by molar-refractivity contribution is -0.137. The van der Waals surface area contributed by atoms with Crippen molar-refractivity contribution in [3.05, 3.63) is 23.8 Å². The molecule has 1 aromatic carbocycles. The molecule has 1 heterocycles. The molecule has 0 aliphatic rings. The number of thioether (sulfide) groups is 1. The molecule has 0 saturated carbocycles. The summed E-state index contributed by atoms with van der Waals surface area (Å²) in [6.45, 7) is 2.07. The van der Waals surface area contributed by atoms with E-state index in [1.807, 2.05) is 0 Å². The molecule has 0 unspecified atom stereocenters. The van der Waals surface area contributed by atoms with Crippen LogP contribution in [-0.4, -0.2) is 21.8 Å². The van der Waals surface area contributed by atoms with E-state index in [1.54, 1.807) is 23.1 Å². The first-order chi connectivity index (χ1) is 8.66. The Bertz CT molecular complexity index is 551. The molecule has 1 aromatic heterocycles. The minimum absolute atomic E-state index is 0.263. The third-order valence-electron chi connectivity index (χ3n) is 2.61. The van der Waals surface area contributed by atoms with Crippen LogP contribution in [0.25, 0.3) is 10.2 Å². The number of aromatic nitrogens is 1. The first-order valence-corrected chi connectivity index (χ1v) is 7.68. The van der Waals surface area contributed by atoms with Crippen LogP contribution in [0.4, 0.5) is 0 Å². The van der Waals surface area contributed by atoms with Gasteiger partial charge in [-0.1, -0.05) is 23.9 Å². The molecule has 0 radical (unpaired) electrons. The van der Waals surface area contributed by atoms with E-state index < -0.39 is 5.97 Å². The number of carboxylic acids is 1. The van der Waals surface area contributed by atoms with Crippen LogP contribution < -0.4 is 0 Å². The molecule has 1 N–H and O–H groups in total. The summed E-state index contributed by atoms with van der Waals surface area (Å²) < 4.78 is 2.30. The Morgan fingerprint density at radius 2 is 2.28 bits per heavy atom. The smallest absolute Gasteiger partial charge is 0.303 e. The molecular formula is C13H15NO2S2. The van der Waals surface area contributed by atoms with E-state index in [0.717, 1.165) is 28.5 Å². The van der Waals surface area contributed by atoms with Crippen LogP contribution in [0.1, 0.15) is 24.8 Å². The number of para-hydroxylation sites is 1. The van der Waals surface area contributed by atoms with Gasteiger partial charge in [0.2, 0.25) is 0 Å². The zero-order valence-corrected chi connectivity index (χ0v) is 11.8. The lowest BCUT2D eigenvalue weighted by Crippen LogP contribution is -1.94. The lowest BCUT2D eigenvalue weighted by atomic mass is 10.2. The van der Waals surface area contributed by atoms with Crippen molar-refractivity contribution in [3.8, 4) is 0 Å². The first-order valence-electron chi connectivity index (χ1n) is 5.87. The number of carbonyl (C=O) groups is 1. The van der Waals surface area contributed by atoms with E-state index in [0.29, 0.717) is 0 Å². The predicted molar refractivity (Wildman–Crippen MR) is 76.6 cm³/mol. The number of aliphatic carboxylic acids is 1. The standard InChI is InChI=1S/C13H15NO2S2/c1-9-5-4-6-10-12(9)14-13(18-10)17-8-3-2-7-11(15)16/h4-6H,2-3,7-8H2,1H3,(H,15,16). The Kier molecular flexibility index (Phi) is 4.60. The molecule has 0 amide bonds. The molecule has 3 nitrogen and oxygen atoms in total. The van der Waals surface area contributed by atoms with Gasteiger partial charge in [0.25, 0.3) is 0 Å². The minimum atomic E-state index is -0.712. The number of hydrogen-bond acceptors (Lipinski definition) is 4. The number of hydrogen-bond donors (Lipinski definition) is 1. The van der Waals surface area contributed by atoms with Crippen molar-refractivity contribution in [3.63, 3.8) is 0 Å². The normalized spacial score (nSPS) is 10.9. The molecule has 0 fully saturated rings. The van der Waals surface area contributed by atoms with Gasteiger partial charge in [-0.05, 0) is 31.4 Å². The average molecular weight is 281 g/mol. The Balaban J connectivity index is 1.88. The minimum Gasteiger partial charge on any atom is -0.481 e. The molecule has 0 aliphatic carbocycles. The Labute approximate surface area is 114 Å². The van der Waals surface area contributed by atoms with Gasteiger partial charge in [0, 0.05) is 12.2 Å². The van der Waals surface area contributed by atoms with E-state index in [2.05, 4.69) is 30.1 Å². The number of aryl methyl sites for hydroxylation is 1. The van der Waals surface area contributed by atoms with Gasteiger partial charge in [-0.15, -0.1) is 11.3 Å². The topological polar surface area (TPSA) is 50.2 Å². The van der Waals surface area contributed by atoms with Crippen LogP contribution in [0.3, 0.4) is 0 Å². The Morgan fingerprint density at radius 3 is 3.00 bits per heavy atom. The van der Waals surface area contributed by atoms with Crippen LogP contribution in [0.5, 0.6) is 0 Å². The summed E-state index contributed by atoms with van der Waals surface area (Å²) >= 11 is 3.43. The average Bonchev–Trinajstić information content (AvgIpc) is 2.72. The highest BCUT2D eigenvalue weighted by molar-refractivity contribution is 8.01. The van der Waals surface area contributed by atoms with Gasteiger partial charge in [0.05, 0.1) is 10.2 Å². The Morgan fingerprint density at radius 1 is 1.44 bits per heavy atom. The molecule has 5 heteroatoms. The molecule has 0 saturated heterocycles. The highest BCUT2D eigenvalue weighted by atomic mass is 32.2. The SMILES string of the molecule is Cc1cccc2sc(SCCCCC(=O)O)nc12. The van der Waals surface area contributed by atoms with Crippen molar-refractivity contribution in [2.24, 2.45) is 0 Å². The van der Waals surface area contributed by atoms with Crippen LogP contribution >= 0.6 is 23.1 Å². The summed E-state index contributed by atoms with van der Waals surface area (Å²) in [5.41, 5.74) is 2.30. The van der Waals surface area contributed by atoms with Gasteiger partial charge < -0.3 is 5.11 Å². The quantitative estimate of drug-likeness (QED) is 0.643. The number of unbranched alkanes of at least 4 members (excludes halogenated alkanes) is 1. The fourth-order valence-corrected chi connectivity index (χ4v) is 3.87. The molecule has 2 aromatic rings. The lowest BCUT2D eigenvalue weighted by Gasteiger charge is -1.96. The van der Waals surface area contributed by atoms with Gasteiger partial charge in [-0.3, -0.25) is 4.79 Å². The number of thiazole rings is 1. The molecule has 2 rings (SSSR count). The summed E-state index contributed by atoms with van der Waals surface area (Å²) in [7, 11) is 0. The van der Waals surface area contributed by atoms with Crippen LogP contribution in [0.2, 0.25) is 0 Å². The summed E-state index contributed by atoms with van der Waals surface area (Å²) in [4.78, 5) is 15.0. The maximum Gasteiger partial charge on any atom is 0.303 e. The van der Waals surface area contributed by atoms with Crippen molar-refractivity contribution in [1.82, 2.24) is 4.98 Å². The summed E-state index contributed by atoms with van der Waals surface area (Å²) in [5.74, 6) is 0.224. The number of nitrogens with zero attached hydrogens (tertiary/aromatic N) is 1. The number of rotatable bonds is 6. The van der Waals surface area contributed by atoms with Gasteiger partial charge in [-0.25, -0.2) is 4.98 Å². The van der Waals surface area contributed by atoms with Gasteiger partial charge in [0.1, 0.15) is 0 Å². The zero-order valence-electron chi connectivity index (χ0n) is 10.2. The van der Waals surface area contributed by atoms with Crippen molar-refractivity contribution in [1.29, 1.82) is 0 Å². The molecule has 96 valence electrons. The maximum absolute atomic E-state index is 10.4. The second kappa shape index (κ2) is 6.20. The molecule has 0 atom stereocenters. The van der Waals surface area contributed by atoms with Gasteiger partial charge >= 0.3 is 5.97 Å². The van der Waals surface area contributed by atoms with Crippen molar-refractivity contribution >= 4 is 39.3 Å². The van der Waals surface area contributed by atoms with Crippen LogP contribution in [-0.2, 0) is 4.79 Å². The van der Waals surface area contributed by atoms with E-state index in [-0.39, 0.29) is 6.42 Å². The highest BCUT2D eigenvalue weighted by Gasteiger charge is 2.06. The van der Waals surface area contributed by atoms with Crippen molar-refractivity contribution in [2.75, 3.05) is 5.75 Å². The molecule has 0 spiro atoms. The number of benzene rings is 1. The summed E-state index contributed by atoms with van der Waals surface area (Å²) in [6, 6.07) is 6.22. The second-order valence-electron chi connectivity index (χ2n) is 4.10. The second-order valence-corrected chi connectivity index (χ2v) is 6.47. The third kappa shape index (κ3) is 3.46. The molecule has 18 heavy (non-hydrogen) atoms. The van der Waals surface area contributed by atoms with E-state index in [1.165, 1.54) is 10.3 Å². The van der Waals surface area contributed by atoms with Crippen molar-refractivity contribution in [2.45, 2.75) is 30.5 Å². The Hall–Kier alpha value is -1.07. The fourth-order valence-electron chi connectivity index (χ4n) is 1.67. The van der Waals surface area contributed by atoms with Gasteiger partial charge in [-0.2, -0.15) is 0 Å². The van der Waals surface area contributed by atoms with E-state index >= 15 is 0 Å². The fraction of sp³-hybridized carbons (Fsp3) is 0.385. The largest absolute Gasteiger partial charge is 0.481 e. The predicted octanol–water partition coefficient (Wildman–Crippen LogP) is 3.95. The monoisotopic (exact) mass is 281 g/mol. The third-order valence-corrected chi connectivity index (χ3v) is 4.86. The summed E-state index contributed by atoms with van der Waals surface area (Å²) in [6.07, 6.45) is 1.93.